The normalized spacial score (nSPS) is 32.2. The Labute approximate surface area is 163 Å². The molecule has 2 aromatic rings. The highest BCUT2D eigenvalue weighted by Gasteiger charge is 2.50. The Bertz CT molecular complexity index is 786. The van der Waals surface area contributed by atoms with Crippen LogP contribution < -0.4 is 10.1 Å². The zero-order valence-corrected chi connectivity index (χ0v) is 15.4. The van der Waals surface area contributed by atoms with E-state index in [0.29, 0.717) is 5.75 Å². The van der Waals surface area contributed by atoms with Crippen molar-refractivity contribution in [3.8, 4) is 5.75 Å². The van der Waals surface area contributed by atoms with Gasteiger partial charge >= 0.3 is 0 Å². The van der Waals surface area contributed by atoms with Crippen LogP contribution in [0, 0.1) is 0 Å². The second-order valence-electron chi connectivity index (χ2n) is 6.87. The van der Waals surface area contributed by atoms with E-state index in [9.17, 15) is 9.90 Å². The summed E-state index contributed by atoms with van der Waals surface area (Å²) in [7, 11) is 0. The van der Waals surface area contributed by atoms with Gasteiger partial charge in [-0.15, -0.1) is 0 Å². The van der Waals surface area contributed by atoms with Crippen LogP contribution in [-0.2, 0) is 19.0 Å². The maximum absolute atomic E-state index is 11.7. The number of benzene rings is 2. The molecule has 7 heteroatoms. The van der Waals surface area contributed by atoms with Gasteiger partial charge in [0.25, 0.3) is 0 Å². The second kappa shape index (κ2) is 8.28. The molecule has 2 aliphatic rings. The Morgan fingerprint density at radius 1 is 1.07 bits per heavy atom. The van der Waals surface area contributed by atoms with Crippen LogP contribution in [0.5, 0.6) is 5.75 Å². The number of hydrogen-bond donors (Lipinski definition) is 2. The third-order valence-electron chi connectivity index (χ3n) is 4.80. The number of carbonyl (C=O) groups excluding carboxylic acids is 1. The summed E-state index contributed by atoms with van der Waals surface area (Å²) in [6.45, 7) is 1.62. The van der Waals surface area contributed by atoms with Crippen LogP contribution in [0.1, 0.15) is 18.8 Å². The fourth-order valence-corrected chi connectivity index (χ4v) is 3.49. The highest BCUT2D eigenvalue weighted by Crippen LogP contribution is 2.34. The summed E-state index contributed by atoms with van der Waals surface area (Å²) in [5, 5.41) is 13.7. The Kier molecular flexibility index (Phi) is 5.59. The van der Waals surface area contributed by atoms with Crippen LogP contribution in [-0.4, -0.2) is 48.3 Å². The lowest BCUT2D eigenvalue weighted by molar-refractivity contribution is -0.333. The molecule has 2 saturated heterocycles. The lowest BCUT2D eigenvalue weighted by Crippen LogP contribution is -2.67. The molecule has 0 spiro atoms. The topological polar surface area (TPSA) is 86.3 Å². The number of amides is 1. The van der Waals surface area contributed by atoms with Crippen molar-refractivity contribution in [2.24, 2.45) is 0 Å². The number of aliphatic hydroxyl groups excluding tert-OH is 1. The van der Waals surface area contributed by atoms with Gasteiger partial charge in [0.05, 0.1) is 6.61 Å². The minimum absolute atomic E-state index is 0.239. The van der Waals surface area contributed by atoms with Crippen molar-refractivity contribution in [1.29, 1.82) is 0 Å². The molecule has 0 radical (unpaired) electrons. The third kappa shape index (κ3) is 4.02. The molecule has 0 unspecified atom stereocenters. The largest absolute Gasteiger partial charge is 0.463 e. The zero-order chi connectivity index (χ0) is 19.5. The molecule has 0 aromatic heterocycles. The van der Waals surface area contributed by atoms with Gasteiger partial charge in [-0.3, -0.25) is 4.79 Å². The smallest absolute Gasteiger partial charge is 0.223 e. The number of aliphatic hydroxyl groups is 1. The molecule has 2 fully saturated rings. The van der Waals surface area contributed by atoms with E-state index < -0.39 is 36.9 Å². The molecule has 2 N–H and O–H groups in total. The fraction of sp³-hybridized carbons (Fsp3) is 0.381. The average Bonchev–Trinajstić information content (AvgIpc) is 2.72. The predicted octanol–water partition coefficient (Wildman–Crippen LogP) is 1.77. The molecule has 2 aromatic carbocycles. The van der Waals surface area contributed by atoms with Crippen molar-refractivity contribution in [2.75, 3.05) is 6.61 Å². The number of rotatable bonds is 4. The molecule has 7 nitrogen and oxygen atoms in total. The molecular weight excluding hydrogens is 362 g/mol. The molecule has 2 aliphatic heterocycles. The highest BCUT2D eigenvalue weighted by atomic mass is 16.7. The number of hydrogen-bond acceptors (Lipinski definition) is 6. The van der Waals surface area contributed by atoms with Gasteiger partial charge in [-0.05, 0) is 12.1 Å². The van der Waals surface area contributed by atoms with Gasteiger partial charge < -0.3 is 29.4 Å². The fourth-order valence-electron chi connectivity index (χ4n) is 3.49. The van der Waals surface area contributed by atoms with E-state index in [1.807, 2.05) is 48.5 Å². The van der Waals surface area contributed by atoms with Crippen LogP contribution in [0.2, 0.25) is 0 Å². The van der Waals surface area contributed by atoms with E-state index >= 15 is 0 Å². The first-order valence-electron chi connectivity index (χ1n) is 9.26. The van der Waals surface area contributed by atoms with E-state index in [-0.39, 0.29) is 12.5 Å². The van der Waals surface area contributed by atoms with Crippen molar-refractivity contribution >= 4 is 5.91 Å². The van der Waals surface area contributed by atoms with Crippen molar-refractivity contribution in [3.63, 3.8) is 0 Å². The molecule has 2 heterocycles. The molecule has 0 aliphatic carbocycles. The first-order valence-corrected chi connectivity index (χ1v) is 9.26. The van der Waals surface area contributed by atoms with Crippen LogP contribution in [0.4, 0.5) is 0 Å². The number of nitrogens with one attached hydrogen (secondary N) is 1. The maximum atomic E-state index is 11.7. The summed E-state index contributed by atoms with van der Waals surface area (Å²) in [6.07, 6.45) is -3.68. The molecular formula is C21H23NO6. The van der Waals surface area contributed by atoms with E-state index in [2.05, 4.69) is 5.32 Å². The predicted molar refractivity (Wildman–Crippen MR) is 99.4 cm³/mol. The molecule has 148 valence electrons. The van der Waals surface area contributed by atoms with E-state index in [1.165, 1.54) is 6.92 Å². The van der Waals surface area contributed by atoms with Gasteiger partial charge in [-0.2, -0.15) is 0 Å². The van der Waals surface area contributed by atoms with E-state index in [4.69, 9.17) is 18.9 Å². The summed E-state index contributed by atoms with van der Waals surface area (Å²) in [5.74, 6) is 0.285. The molecule has 0 saturated carbocycles. The third-order valence-corrected chi connectivity index (χ3v) is 4.80. The SMILES string of the molecule is CC(=O)N[C@@H]1[C@H](Oc2ccccc2)O[C@@H]2CO[C@H](c3ccccc3)O[C@@H]2[C@H]1O. The number of ether oxygens (including phenoxy) is 4. The van der Waals surface area contributed by atoms with Crippen molar-refractivity contribution in [1.82, 2.24) is 5.32 Å². The van der Waals surface area contributed by atoms with E-state index in [0.717, 1.165) is 5.56 Å². The maximum Gasteiger partial charge on any atom is 0.223 e. The summed E-state index contributed by atoms with van der Waals surface area (Å²) in [4.78, 5) is 11.7. The van der Waals surface area contributed by atoms with Crippen molar-refractivity contribution < 1.29 is 28.8 Å². The molecule has 4 rings (SSSR count). The van der Waals surface area contributed by atoms with Gasteiger partial charge in [-0.1, -0.05) is 48.5 Å². The molecule has 6 atom stereocenters. The zero-order valence-electron chi connectivity index (χ0n) is 15.4. The minimum Gasteiger partial charge on any atom is -0.463 e. The Morgan fingerprint density at radius 2 is 1.75 bits per heavy atom. The summed E-state index contributed by atoms with van der Waals surface area (Å²) in [5.41, 5.74) is 0.854. The number of para-hydroxylation sites is 1. The Morgan fingerprint density at radius 3 is 2.43 bits per heavy atom. The van der Waals surface area contributed by atoms with Crippen molar-refractivity contribution in [3.05, 3.63) is 66.2 Å². The second-order valence-corrected chi connectivity index (χ2v) is 6.87. The lowest BCUT2D eigenvalue weighted by atomic mass is 9.95. The molecule has 1 amide bonds. The van der Waals surface area contributed by atoms with Gasteiger partial charge in [-0.25, -0.2) is 0 Å². The average molecular weight is 385 g/mol. The monoisotopic (exact) mass is 385 g/mol. The first-order chi connectivity index (χ1) is 13.6. The Hall–Kier alpha value is -2.45. The van der Waals surface area contributed by atoms with Gasteiger partial charge in [0.1, 0.15) is 30.1 Å². The minimum atomic E-state index is -1.02. The molecule has 28 heavy (non-hydrogen) atoms. The van der Waals surface area contributed by atoms with Crippen LogP contribution in [0.25, 0.3) is 0 Å². The van der Waals surface area contributed by atoms with Gasteiger partial charge in [0.15, 0.2) is 6.29 Å². The van der Waals surface area contributed by atoms with Crippen LogP contribution in [0.15, 0.2) is 60.7 Å². The summed E-state index contributed by atoms with van der Waals surface area (Å²) < 4.78 is 23.7. The Balaban J connectivity index is 1.53. The van der Waals surface area contributed by atoms with Gasteiger partial charge in [0.2, 0.25) is 12.2 Å². The quantitative estimate of drug-likeness (QED) is 0.834. The standard InChI is InChI=1S/C21H23NO6/c1-13(23)22-17-18(24)19-16(27-21(17)26-15-10-6-3-7-11-15)12-25-20(28-19)14-8-4-2-5-9-14/h2-11,16-21,24H,12H2,1H3,(H,22,23)/t16-,17+,18+,19+,20+,21-/m1/s1. The van der Waals surface area contributed by atoms with Crippen molar-refractivity contribution in [2.45, 2.75) is 43.9 Å². The highest BCUT2D eigenvalue weighted by molar-refractivity contribution is 5.73. The van der Waals surface area contributed by atoms with E-state index in [1.54, 1.807) is 12.1 Å². The lowest BCUT2D eigenvalue weighted by Gasteiger charge is -2.47. The number of fused-ring (bicyclic) bond motifs is 1. The first kappa shape index (κ1) is 18.9. The molecule has 0 bridgehead atoms. The van der Waals surface area contributed by atoms with Crippen LogP contribution in [0.3, 0.4) is 0 Å². The number of carbonyl (C=O) groups is 1. The van der Waals surface area contributed by atoms with Gasteiger partial charge in [0, 0.05) is 12.5 Å². The summed E-state index contributed by atoms with van der Waals surface area (Å²) in [6, 6.07) is 17.8. The van der Waals surface area contributed by atoms with Crippen LogP contribution >= 0.6 is 0 Å². The summed E-state index contributed by atoms with van der Waals surface area (Å²) >= 11 is 0.